The van der Waals surface area contributed by atoms with E-state index in [0.29, 0.717) is 6.42 Å². The summed E-state index contributed by atoms with van der Waals surface area (Å²) in [5.74, 6) is -2.53. The molecule has 4 nitrogen and oxygen atoms in total. The van der Waals surface area contributed by atoms with Crippen molar-refractivity contribution in [3.8, 4) is 0 Å². The lowest BCUT2D eigenvalue weighted by Crippen LogP contribution is -2.25. The lowest BCUT2D eigenvalue weighted by Gasteiger charge is -2.14. The van der Waals surface area contributed by atoms with E-state index in [0.717, 1.165) is 6.29 Å². The molecular weight excluding hydrogens is 172 g/mol. The van der Waals surface area contributed by atoms with E-state index in [1.54, 1.807) is 6.92 Å². The maximum absolute atomic E-state index is 11.2. The van der Waals surface area contributed by atoms with Crippen molar-refractivity contribution in [2.75, 3.05) is 0 Å². The predicted octanol–water partition coefficient (Wildman–Crippen LogP) is 0.547. The van der Waals surface area contributed by atoms with Gasteiger partial charge in [-0.1, -0.05) is 13.8 Å². The van der Waals surface area contributed by atoms with Gasteiger partial charge in [-0.25, -0.2) is 0 Å². The van der Waals surface area contributed by atoms with Gasteiger partial charge in [0, 0.05) is 5.92 Å². The Hall–Kier alpha value is -1.19. The first kappa shape index (κ1) is 9.89. The lowest BCUT2D eigenvalue weighted by molar-refractivity contribution is -0.154. The molecule has 1 rings (SSSR count). The highest BCUT2D eigenvalue weighted by Crippen LogP contribution is 2.30. The van der Waals surface area contributed by atoms with Crippen molar-refractivity contribution in [2.24, 2.45) is 17.8 Å². The number of esters is 2. The summed E-state index contributed by atoms with van der Waals surface area (Å²) in [4.78, 5) is 32.7. The standard InChI is InChI=1S/C9H12O4/c1-3-6(4-10)7-5(2)8(11)13-9(7)12/h4-7H,3H2,1-2H3. The second-order valence-corrected chi connectivity index (χ2v) is 3.26. The molecular formula is C9H12O4. The summed E-state index contributed by atoms with van der Waals surface area (Å²) in [6.07, 6.45) is 1.28. The van der Waals surface area contributed by atoms with Crippen LogP contribution < -0.4 is 0 Å². The van der Waals surface area contributed by atoms with Gasteiger partial charge >= 0.3 is 11.9 Å². The normalized spacial score (nSPS) is 30.0. The average molecular weight is 184 g/mol. The van der Waals surface area contributed by atoms with Gasteiger partial charge in [-0.15, -0.1) is 0 Å². The fourth-order valence-corrected chi connectivity index (χ4v) is 1.59. The molecule has 1 heterocycles. The Bertz CT molecular complexity index is 246. The molecule has 0 spiro atoms. The van der Waals surface area contributed by atoms with Crippen LogP contribution in [0.1, 0.15) is 20.3 Å². The highest BCUT2D eigenvalue weighted by Gasteiger charge is 2.45. The number of aldehydes is 1. The SMILES string of the molecule is CCC(C=O)C1C(=O)OC(=O)C1C. The largest absolute Gasteiger partial charge is 0.393 e. The van der Waals surface area contributed by atoms with E-state index in [2.05, 4.69) is 4.74 Å². The fourth-order valence-electron chi connectivity index (χ4n) is 1.59. The van der Waals surface area contributed by atoms with Gasteiger partial charge in [-0.05, 0) is 6.42 Å². The van der Waals surface area contributed by atoms with Crippen molar-refractivity contribution >= 4 is 18.2 Å². The van der Waals surface area contributed by atoms with Crippen LogP contribution in [0.25, 0.3) is 0 Å². The maximum atomic E-state index is 11.2. The summed E-state index contributed by atoms with van der Waals surface area (Å²) in [5, 5.41) is 0. The molecule has 0 aromatic rings. The second-order valence-electron chi connectivity index (χ2n) is 3.26. The van der Waals surface area contributed by atoms with Crippen LogP contribution in [0.5, 0.6) is 0 Å². The smallest absolute Gasteiger partial charge is 0.318 e. The van der Waals surface area contributed by atoms with Gasteiger partial charge in [-0.3, -0.25) is 9.59 Å². The highest BCUT2D eigenvalue weighted by atomic mass is 16.6. The zero-order chi connectivity index (χ0) is 10.0. The van der Waals surface area contributed by atoms with E-state index in [1.807, 2.05) is 6.92 Å². The Kier molecular flexibility index (Phi) is 2.80. The van der Waals surface area contributed by atoms with Crippen molar-refractivity contribution in [2.45, 2.75) is 20.3 Å². The Morgan fingerprint density at radius 3 is 2.38 bits per heavy atom. The minimum absolute atomic E-state index is 0.394. The Balaban J connectivity index is 2.83. The van der Waals surface area contributed by atoms with Crippen molar-refractivity contribution in [3.63, 3.8) is 0 Å². The van der Waals surface area contributed by atoms with Gasteiger partial charge in [0.05, 0.1) is 11.8 Å². The third-order valence-electron chi connectivity index (χ3n) is 2.49. The summed E-state index contributed by atoms with van der Waals surface area (Å²) in [5.41, 5.74) is 0. The Morgan fingerprint density at radius 1 is 1.46 bits per heavy atom. The average Bonchev–Trinajstić information content (AvgIpc) is 2.34. The molecule has 4 heteroatoms. The lowest BCUT2D eigenvalue weighted by atomic mass is 9.83. The monoisotopic (exact) mass is 184 g/mol. The second kappa shape index (κ2) is 3.68. The molecule has 1 aliphatic rings. The van der Waals surface area contributed by atoms with Crippen LogP contribution in [-0.4, -0.2) is 18.2 Å². The van der Waals surface area contributed by atoms with Crippen LogP contribution in [0.4, 0.5) is 0 Å². The van der Waals surface area contributed by atoms with E-state index in [9.17, 15) is 14.4 Å². The van der Waals surface area contributed by atoms with E-state index < -0.39 is 29.7 Å². The van der Waals surface area contributed by atoms with E-state index in [4.69, 9.17) is 0 Å². The predicted molar refractivity (Wildman–Crippen MR) is 43.6 cm³/mol. The Labute approximate surface area is 76.3 Å². The van der Waals surface area contributed by atoms with Crippen molar-refractivity contribution in [3.05, 3.63) is 0 Å². The first-order valence-electron chi connectivity index (χ1n) is 4.32. The van der Waals surface area contributed by atoms with Gasteiger partial charge in [-0.2, -0.15) is 0 Å². The number of ether oxygens (including phenoxy) is 1. The molecule has 3 atom stereocenters. The van der Waals surface area contributed by atoms with Crippen LogP contribution in [-0.2, 0) is 19.1 Å². The number of hydrogen-bond donors (Lipinski definition) is 0. The van der Waals surface area contributed by atoms with Crippen LogP contribution in [0.3, 0.4) is 0 Å². The summed E-state index contributed by atoms with van der Waals surface area (Å²) in [7, 11) is 0. The van der Waals surface area contributed by atoms with Crippen molar-refractivity contribution in [1.29, 1.82) is 0 Å². The molecule has 0 N–H and O–H groups in total. The first-order chi connectivity index (χ1) is 6.11. The van der Waals surface area contributed by atoms with E-state index in [1.165, 1.54) is 0 Å². The zero-order valence-corrected chi connectivity index (χ0v) is 7.65. The third-order valence-corrected chi connectivity index (χ3v) is 2.49. The molecule has 1 saturated heterocycles. The molecule has 0 saturated carbocycles. The summed E-state index contributed by atoms with van der Waals surface area (Å²) >= 11 is 0. The van der Waals surface area contributed by atoms with Crippen molar-refractivity contribution in [1.82, 2.24) is 0 Å². The molecule has 0 aromatic heterocycles. The molecule has 1 fully saturated rings. The molecule has 13 heavy (non-hydrogen) atoms. The highest BCUT2D eigenvalue weighted by molar-refractivity contribution is 5.97. The quantitative estimate of drug-likeness (QED) is 0.365. The van der Waals surface area contributed by atoms with Crippen LogP contribution in [0, 0.1) is 17.8 Å². The Morgan fingerprint density at radius 2 is 2.08 bits per heavy atom. The minimum atomic E-state index is -0.574. The van der Waals surface area contributed by atoms with E-state index >= 15 is 0 Å². The molecule has 3 unspecified atom stereocenters. The summed E-state index contributed by atoms with van der Waals surface area (Å²) in [6, 6.07) is 0. The van der Waals surface area contributed by atoms with Gasteiger partial charge in [0.25, 0.3) is 0 Å². The van der Waals surface area contributed by atoms with Gasteiger partial charge in [0.1, 0.15) is 6.29 Å². The minimum Gasteiger partial charge on any atom is -0.393 e. The van der Waals surface area contributed by atoms with Gasteiger partial charge < -0.3 is 9.53 Å². The number of hydrogen-bond acceptors (Lipinski definition) is 4. The molecule has 0 amide bonds. The number of carbonyl (C=O) groups is 3. The molecule has 1 aliphatic heterocycles. The van der Waals surface area contributed by atoms with E-state index in [-0.39, 0.29) is 0 Å². The number of carbonyl (C=O) groups excluding carboxylic acids is 3. The number of cyclic esters (lactones) is 2. The molecule has 0 aromatic carbocycles. The molecule has 0 aliphatic carbocycles. The van der Waals surface area contributed by atoms with Gasteiger partial charge in [0.15, 0.2) is 0 Å². The number of rotatable bonds is 3. The first-order valence-corrected chi connectivity index (χ1v) is 4.32. The fraction of sp³-hybridized carbons (Fsp3) is 0.667. The van der Waals surface area contributed by atoms with Gasteiger partial charge in [0.2, 0.25) is 0 Å². The van der Waals surface area contributed by atoms with Crippen LogP contribution in [0.2, 0.25) is 0 Å². The van der Waals surface area contributed by atoms with Crippen LogP contribution in [0.15, 0.2) is 0 Å². The third kappa shape index (κ3) is 1.61. The topological polar surface area (TPSA) is 60.4 Å². The molecule has 72 valence electrons. The molecule has 0 radical (unpaired) electrons. The molecule has 0 bridgehead atoms. The van der Waals surface area contributed by atoms with Crippen molar-refractivity contribution < 1.29 is 19.1 Å². The zero-order valence-electron chi connectivity index (χ0n) is 7.65. The maximum Gasteiger partial charge on any atom is 0.318 e. The summed E-state index contributed by atoms with van der Waals surface area (Å²) < 4.78 is 4.43. The van der Waals surface area contributed by atoms with Crippen LogP contribution >= 0.6 is 0 Å². The summed E-state index contributed by atoms with van der Waals surface area (Å²) in [6.45, 7) is 3.42.